The molecule has 1 aromatic carbocycles. The Morgan fingerprint density at radius 3 is 1.17 bits per heavy atom. The fourth-order valence-corrected chi connectivity index (χ4v) is 14.0. The number of nitrogens with one attached hydrogen (secondary N) is 5. The number of aliphatic hydroxyl groups excluding tert-OH is 9. The molecule has 3 fully saturated rings. The standard InChI is InChI=1S/C81H129F5N14O28/c1-53(104)90-74-78(115)77(114)61(52-103)127-80(74)124-32-12-15-56-49-100(97-94-56)29-38-121-44-41-118-35-26-89-64(109)20-23-81(91-65(110)16-8-6-4-2-3-5-7-9-17-66(111)128-79-72(85)70(83)69(82)71(84)73(79)86,21-18-62(107)87-24-33-116-39-42-119-36-27-98-47-54(92-95-98)13-10-30-122-67-45-57(105)75(112)59(50-101)125-67)22-19-63(108)88-25-34-117-40-43-120-37-28-99-48-55(93-96-99)14-11-31-123-68-46-58(106)76(113)60(51-102)126-68/h47-49,57-61,67-68,74-78,80,101-103,105-106,112-115H,2-46,50-52H2,1H3,(H,87,107)(H,88,108)(H,89,109)(H,90,104)(H,91,110)/t57-,58-,59-,60-,61-,67-,68-,74-,75-,76-,77+,78-,80-/m1/s1. The van der Waals surface area contributed by atoms with E-state index in [2.05, 4.69) is 62.3 Å². The molecule has 0 radical (unpaired) electrons. The Hall–Kier alpha value is -7.73. The third-order valence-corrected chi connectivity index (χ3v) is 21.1. The number of ether oxygens (including phenoxy) is 13. The molecular weight excluding hydrogens is 1710 g/mol. The molecule has 7 rings (SSSR count). The highest BCUT2D eigenvalue weighted by Gasteiger charge is 2.46. The Morgan fingerprint density at radius 2 is 0.781 bits per heavy atom. The SMILES string of the molecule is CC(=O)N[C@H]1[C@H](OCCCc2cn(CCOCCOCCNC(=O)CCC(CCC(=O)NCCOCCOCCn3cc(CCCO[C@H]4C[C@@H](O)[C@@H](O)[C@@H](CO)O4)nn3)(CCC(=O)NCCOCCOCCn3cc(CCCO[C@H]4C[C@@H](O)[C@@H](O)[C@@H](CO)O4)nn3)NC(=O)CCCCCCCCCCC(=O)Oc3c(F)c(F)c(F)c(F)c3F)nn2)O[C@H](CO)[C@H](O)[C@@H]1O. The molecule has 42 nitrogen and oxygen atoms in total. The summed E-state index contributed by atoms with van der Waals surface area (Å²) < 4.78 is 146. The maximum Gasteiger partial charge on any atom is 0.311 e. The molecule has 3 aromatic heterocycles. The molecule has 0 spiro atoms. The molecule has 0 unspecified atom stereocenters. The molecule has 0 aliphatic carbocycles. The van der Waals surface area contributed by atoms with Gasteiger partial charge in [0.1, 0.15) is 48.8 Å². The highest BCUT2D eigenvalue weighted by Crippen LogP contribution is 2.32. The van der Waals surface area contributed by atoms with Crippen LogP contribution in [0, 0.1) is 29.1 Å². The smallest absolute Gasteiger partial charge is 0.311 e. The van der Waals surface area contributed by atoms with E-state index in [0.717, 1.165) is 17.8 Å². The molecule has 3 aliphatic rings. The fourth-order valence-electron chi connectivity index (χ4n) is 14.0. The summed E-state index contributed by atoms with van der Waals surface area (Å²) in [6.45, 7) is 4.43. The predicted molar refractivity (Wildman–Crippen MR) is 434 cm³/mol. The highest BCUT2D eigenvalue weighted by atomic mass is 19.2. The van der Waals surface area contributed by atoms with Gasteiger partial charge in [-0.15, -0.1) is 15.3 Å². The molecule has 128 heavy (non-hydrogen) atoms. The number of unbranched alkanes of at least 4 members (excludes halogenated alkanes) is 7. The molecule has 5 amide bonds. The largest absolute Gasteiger partial charge is 0.420 e. The van der Waals surface area contributed by atoms with E-state index in [4.69, 9.17) is 56.8 Å². The number of rotatable bonds is 68. The van der Waals surface area contributed by atoms with Crippen LogP contribution in [-0.2, 0) is 125 Å². The van der Waals surface area contributed by atoms with Crippen molar-refractivity contribution < 1.29 is 158 Å². The summed E-state index contributed by atoms with van der Waals surface area (Å²) >= 11 is 0. The number of halogens is 5. The van der Waals surface area contributed by atoms with Gasteiger partial charge in [-0.25, -0.2) is 27.2 Å². The van der Waals surface area contributed by atoms with Crippen LogP contribution in [0.4, 0.5) is 22.0 Å². The number of aliphatic hydroxyl groups is 9. The van der Waals surface area contributed by atoms with Gasteiger partial charge in [0.05, 0.1) is 168 Å². The number of hydrogen-bond donors (Lipinski definition) is 14. The molecule has 47 heteroatoms. The molecule has 0 saturated carbocycles. The molecule has 6 heterocycles. The molecule has 726 valence electrons. The van der Waals surface area contributed by atoms with Crippen LogP contribution in [-0.4, -0.2) is 350 Å². The molecule has 3 saturated heterocycles. The van der Waals surface area contributed by atoms with Crippen LogP contribution in [0.3, 0.4) is 0 Å². The van der Waals surface area contributed by atoms with E-state index in [1.807, 2.05) is 0 Å². The van der Waals surface area contributed by atoms with Crippen molar-refractivity contribution in [1.29, 1.82) is 0 Å². The summed E-state index contributed by atoms with van der Waals surface area (Å²) in [5.74, 6) is -16.2. The van der Waals surface area contributed by atoms with Gasteiger partial charge in [0.25, 0.3) is 0 Å². The second kappa shape index (κ2) is 60.3. The van der Waals surface area contributed by atoms with E-state index < -0.39 is 170 Å². The van der Waals surface area contributed by atoms with Crippen LogP contribution in [0.25, 0.3) is 0 Å². The molecule has 0 bridgehead atoms. The number of aryl methyl sites for hydroxylation is 3. The number of esters is 1. The van der Waals surface area contributed by atoms with Crippen LogP contribution in [0.15, 0.2) is 18.6 Å². The summed E-state index contributed by atoms with van der Waals surface area (Å²) in [6.07, 6.45) is -0.602. The third-order valence-electron chi connectivity index (χ3n) is 21.1. The number of nitrogens with zero attached hydrogens (tertiary/aromatic N) is 9. The first-order valence-electron chi connectivity index (χ1n) is 43.8. The van der Waals surface area contributed by atoms with E-state index in [1.165, 1.54) is 6.92 Å². The predicted octanol–water partition coefficient (Wildman–Crippen LogP) is -0.843. The van der Waals surface area contributed by atoms with Crippen molar-refractivity contribution in [2.24, 2.45) is 0 Å². The maximum absolute atomic E-state index is 14.1. The fraction of sp³-hybridized carbons (Fsp3) is 0.778. The minimum Gasteiger partial charge on any atom is -0.420 e. The minimum atomic E-state index is -2.38. The molecule has 4 aromatic rings. The molecule has 13 atom stereocenters. The Bertz CT molecular complexity index is 3710. The van der Waals surface area contributed by atoms with Gasteiger partial charge in [0.15, 0.2) is 18.9 Å². The second-order valence-electron chi connectivity index (χ2n) is 31.2. The van der Waals surface area contributed by atoms with Crippen LogP contribution >= 0.6 is 0 Å². The Balaban J connectivity index is 0.854. The summed E-state index contributed by atoms with van der Waals surface area (Å²) in [5, 5.41) is 129. The van der Waals surface area contributed by atoms with Crippen LogP contribution in [0.1, 0.15) is 159 Å². The Kier molecular flexibility index (Phi) is 50.6. The zero-order valence-electron chi connectivity index (χ0n) is 72.4. The van der Waals surface area contributed by atoms with Gasteiger partial charge in [-0.1, -0.05) is 54.2 Å². The molecule has 14 N–H and O–H groups in total. The summed E-state index contributed by atoms with van der Waals surface area (Å²) in [5.41, 5.74) is 0.822. The van der Waals surface area contributed by atoms with E-state index in [1.54, 1.807) is 32.6 Å². The highest BCUT2D eigenvalue weighted by molar-refractivity contribution is 5.80. The topological polar surface area (TPSA) is 557 Å². The van der Waals surface area contributed by atoms with Gasteiger partial charge >= 0.3 is 5.97 Å². The Labute approximate surface area is 737 Å². The second-order valence-corrected chi connectivity index (χ2v) is 31.2. The molecule has 3 aliphatic heterocycles. The van der Waals surface area contributed by atoms with E-state index in [9.17, 15) is 96.7 Å². The van der Waals surface area contributed by atoms with Crippen molar-refractivity contribution in [2.75, 3.05) is 139 Å². The van der Waals surface area contributed by atoms with Crippen molar-refractivity contribution in [1.82, 2.24) is 71.6 Å². The average Bonchev–Trinajstić information content (AvgIpc) is 1.10. The average molecular weight is 1840 g/mol. The van der Waals surface area contributed by atoms with Gasteiger partial charge in [-0.3, -0.25) is 28.8 Å². The first-order valence-corrected chi connectivity index (χ1v) is 43.8. The lowest BCUT2D eigenvalue weighted by atomic mass is 9.82. The first kappa shape index (κ1) is 107. The number of hydrogen-bond acceptors (Lipinski definition) is 34. The van der Waals surface area contributed by atoms with Crippen molar-refractivity contribution >= 4 is 35.5 Å². The van der Waals surface area contributed by atoms with Crippen LogP contribution in [0.5, 0.6) is 5.75 Å². The Morgan fingerprint density at radius 1 is 0.422 bits per heavy atom. The molecular formula is C81H129F5N14O28. The summed E-state index contributed by atoms with van der Waals surface area (Å²) in [7, 11) is 0. The first-order chi connectivity index (χ1) is 61.8. The lowest BCUT2D eigenvalue weighted by Crippen LogP contribution is -2.64. The lowest BCUT2D eigenvalue weighted by Gasteiger charge is -2.42. The van der Waals surface area contributed by atoms with Crippen molar-refractivity contribution in [3.05, 3.63) is 64.8 Å². The van der Waals surface area contributed by atoms with Gasteiger partial charge in [-0.2, -0.15) is 8.78 Å². The number of carbonyl (C=O) groups excluding carboxylic acids is 6. The van der Waals surface area contributed by atoms with Crippen molar-refractivity contribution in [3.8, 4) is 5.75 Å². The summed E-state index contributed by atoms with van der Waals surface area (Å²) in [6, 6.07) is -1.07. The van der Waals surface area contributed by atoms with Gasteiger partial charge in [0, 0.05) is 95.6 Å². The number of amides is 5. The zero-order chi connectivity index (χ0) is 92.4. The van der Waals surface area contributed by atoms with Crippen LogP contribution < -0.4 is 31.3 Å². The number of benzene rings is 1. The normalized spacial score (nSPS) is 21.4. The van der Waals surface area contributed by atoms with E-state index in [-0.39, 0.29) is 182 Å². The minimum absolute atomic E-state index is 0.0149. The lowest BCUT2D eigenvalue weighted by molar-refractivity contribution is -0.270. The number of carbonyl (C=O) groups is 6. The van der Waals surface area contributed by atoms with Crippen molar-refractivity contribution in [2.45, 2.75) is 266 Å². The van der Waals surface area contributed by atoms with Gasteiger partial charge < -0.3 is 134 Å². The monoisotopic (exact) mass is 1840 g/mol. The van der Waals surface area contributed by atoms with Gasteiger partial charge in [-0.05, 0) is 70.6 Å². The number of aromatic nitrogens is 9. The quantitative estimate of drug-likeness (QED) is 0.00640. The summed E-state index contributed by atoms with van der Waals surface area (Å²) in [4.78, 5) is 79.3. The zero-order valence-corrected chi connectivity index (χ0v) is 72.4. The third kappa shape index (κ3) is 39.8. The van der Waals surface area contributed by atoms with Crippen LogP contribution in [0.2, 0.25) is 0 Å². The van der Waals surface area contributed by atoms with Gasteiger partial charge in [0.2, 0.25) is 64.4 Å². The van der Waals surface area contributed by atoms with E-state index in [0.29, 0.717) is 116 Å². The van der Waals surface area contributed by atoms with E-state index >= 15 is 0 Å². The van der Waals surface area contributed by atoms with Crippen molar-refractivity contribution in [3.63, 3.8) is 0 Å². The maximum atomic E-state index is 14.1.